The fourth-order valence-electron chi connectivity index (χ4n) is 3.67. The SMILES string of the molecule is CCc1nc(N2CCN(C(=O)c3ccco3)CC2)c2oc3ccccc3c2n1.[Cl-]. The van der Waals surface area contributed by atoms with Crippen molar-refractivity contribution in [2.24, 2.45) is 0 Å². The van der Waals surface area contributed by atoms with Crippen LogP contribution in [0.15, 0.2) is 51.5 Å². The minimum Gasteiger partial charge on any atom is -1.00 e. The summed E-state index contributed by atoms with van der Waals surface area (Å²) in [7, 11) is 0. The van der Waals surface area contributed by atoms with E-state index in [9.17, 15) is 4.79 Å². The maximum atomic E-state index is 12.5. The van der Waals surface area contributed by atoms with Crippen LogP contribution in [0.4, 0.5) is 5.82 Å². The first-order chi connectivity index (χ1) is 13.7. The van der Waals surface area contributed by atoms with Crippen LogP contribution >= 0.6 is 0 Å². The summed E-state index contributed by atoms with van der Waals surface area (Å²) in [4.78, 5) is 26.0. The van der Waals surface area contributed by atoms with Crippen molar-refractivity contribution in [2.45, 2.75) is 13.3 Å². The molecule has 0 aliphatic carbocycles. The molecule has 7 nitrogen and oxygen atoms in total. The van der Waals surface area contributed by atoms with Gasteiger partial charge in [-0.25, -0.2) is 9.97 Å². The summed E-state index contributed by atoms with van der Waals surface area (Å²) in [5.74, 6) is 1.91. The third-order valence-corrected chi connectivity index (χ3v) is 5.16. The number of piperazine rings is 1. The fraction of sp³-hybridized carbons (Fsp3) is 0.286. The molecule has 1 aliphatic heterocycles. The molecule has 1 amide bonds. The molecule has 5 rings (SSSR count). The molecule has 1 aliphatic rings. The van der Waals surface area contributed by atoms with Crippen LogP contribution in [-0.4, -0.2) is 47.0 Å². The zero-order valence-electron chi connectivity index (χ0n) is 16.0. The third kappa shape index (κ3) is 3.31. The smallest absolute Gasteiger partial charge is 0.289 e. The van der Waals surface area contributed by atoms with Gasteiger partial charge in [-0.05, 0) is 24.3 Å². The van der Waals surface area contributed by atoms with Gasteiger partial charge >= 0.3 is 0 Å². The van der Waals surface area contributed by atoms with E-state index in [1.54, 1.807) is 12.1 Å². The van der Waals surface area contributed by atoms with Gasteiger partial charge in [0, 0.05) is 38.0 Å². The normalized spacial score (nSPS) is 14.4. The number of fused-ring (bicyclic) bond motifs is 3. The molecule has 3 aromatic heterocycles. The highest BCUT2D eigenvalue weighted by Crippen LogP contribution is 2.33. The largest absolute Gasteiger partial charge is 1.00 e. The molecule has 0 spiro atoms. The quantitative estimate of drug-likeness (QED) is 0.488. The van der Waals surface area contributed by atoms with Crippen molar-refractivity contribution in [3.05, 3.63) is 54.2 Å². The summed E-state index contributed by atoms with van der Waals surface area (Å²) >= 11 is 0. The Morgan fingerprint density at radius 2 is 1.86 bits per heavy atom. The maximum Gasteiger partial charge on any atom is 0.289 e. The lowest BCUT2D eigenvalue weighted by Crippen LogP contribution is -3.00. The number of anilines is 1. The number of furan rings is 2. The molecule has 0 bridgehead atoms. The van der Waals surface area contributed by atoms with Gasteiger partial charge in [0.15, 0.2) is 17.2 Å². The Balaban J connectivity index is 0.00000205. The van der Waals surface area contributed by atoms with Crippen molar-refractivity contribution >= 4 is 33.8 Å². The summed E-state index contributed by atoms with van der Waals surface area (Å²) in [5, 5.41) is 1.00. The summed E-state index contributed by atoms with van der Waals surface area (Å²) in [6.45, 7) is 4.62. The summed E-state index contributed by atoms with van der Waals surface area (Å²) < 4.78 is 11.3. The number of carbonyl (C=O) groups excluding carboxylic acids is 1. The van der Waals surface area contributed by atoms with Gasteiger partial charge in [0.05, 0.1) is 6.26 Å². The van der Waals surface area contributed by atoms with Gasteiger partial charge in [0.1, 0.15) is 16.9 Å². The summed E-state index contributed by atoms with van der Waals surface area (Å²) in [6.07, 6.45) is 2.27. The number of aryl methyl sites for hydroxylation is 1. The molecule has 150 valence electrons. The predicted octanol–water partition coefficient (Wildman–Crippen LogP) is 0.498. The third-order valence-electron chi connectivity index (χ3n) is 5.16. The number of amides is 1. The number of aromatic nitrogens is 2. The van der Waals surface area contributed by atoms with E-state index in [0.717, 1.165) is 34.5 Å². The predicted molar refractivity (Wildman–Crippen MR) is 106 cm³/mol. The second kappa shape index (κ2) is 7.75. The van der Waals surface area contributed by atoms with Gasteiger partial charge in [-0.15, -0.1) is 0 Å². The van der Waals surface area contributed by atoms with Gasteiger partial charge in [-0.1, -0.05) is 19.1 Å². The number of hydrogen-bond donors (Lipinski definition) is 0. The second-order valence-electron chi connectivity index (χ2n) is 6.85. The number of hydrogen-bond acceptors (Lipinski definition) is 6. The van der Waals surface area contributed by atoms with Crippen molar-refractivity contribution in [1.29, 1.82) is 0 Å². The van der Waals surface area contributed by atoms with Gasteiger partial charge in [-0.3, -0.25) is 4.79 Å². The zero-order valence-corrected chi connectivity index (χ0v) is 16.7. The number of nitrogens with zero attached hydrogens (tertiary/aromatic N) is 4. The van der Waals surface area contributed by atoms with Crippen molar-refractivity contribution in [3.63, 3.8) is 0 Å². The molecule has 0 N–H and O–H groups in total. The van der Waals surface area contributed by atoms with Crippen LogP contribution in [0.25, 0.3) is 22.1 Å². The Morgan fingerprint density at radius 3 is 2.59 bits per heavy atom. The van der Waals surface area contributed by atoms with Gasteiger partial charge in [-0.2, -0.15) is 0 Å². The Labute approximate surface area is 173 Å². The molecule has 0 atom stereocenters. The van der Waals surface area contributed by atoms with Crippen LogP contribution in [0.3, 0.4) is 0 Å². The van der Waals surface area contributed by atoms with E-state index in [0.29, 0.717) is 37.5 Å². The standard InChI is InChI=1S/C21H20N4O3.ClH/c1-2-17-22-18-14-6-3-4-7-15(14)28-19(18)20(23-17)24-9-11-25(12-10-24)21(26)16-8-5-13-27-16;/h3-8,13H,2,9-12H2,1H3;1H/p-1. The minimum absolute atomic E-state index is 0. The Kier molecular flexibility index (Phi) is 5.15. The van der Waals surface area contributed by atoms with Gasteiger partial charge in [0.25, 0.3) is 5.91 Å². The van der Waals surface area contributed by atoms with E-state index < -0.39 is 0 Å². The van der Waals surface area contributed by atoms with E-state index in [-0.39, 0.29) is 18.3 Å². The maximum absolute atomic E-state index is 12.5. The van der Waals surface area contributed by atoms with E-state index in [1.165, 1.54) is 6.26 Å². The van der Waals surface area contributed by atoms with Crippen molar-refractivity contribution < 1.29 is 26.0 Å². The van der Waals surface area contributed by atoms with Crippen LogP contribution in [0.5, 0.6) is 0 Å². The lowest BCUT2D eigenvalue weighted by molar-refractivity contribution is -0.0000160. The first kappa shape index (κ1) is 19.3. The average Bonchev–Trinajstić information content (AvgIpc) is 3.41. The highest BCUT2D eigenvalue weighted by Gasteiger charge is 2.27. The van der Waals surface area contributed by atoms with Crippen molar-refractivity contribution in [3.8, 4) is 0 Å². The molecule has 1 fully saturated rings. The molecule has 0 radical (unpaired) electrons. The average molecular weight is 412 g/mol. The molecule has 0 saturated carbocycles. The Morgan fingerprint density at radius 1 is 1.07 bits per heavy atom. The fourth-order valence-corrected chi connectivity index (χ4v) is 3.67. The molecule has 4 heterocycles. The molecular formula is C21H20ClN4O3-. The Bertz CT molecular complexity index is 1150. The molecule has 0 unspecified atom stereocenters. The summed E-state index contributed by atoms with van der Waals surface area (Å²) in [5.41, 5.74) is 2.38. The van der Waals surface area contributed by atoms with E-state index in [4.69, 9.17) is 18.8 Å². The Hall–Kier alpha value is -3.06. The second-order valence-corrected chi connectivity index (χ2v) is 6.85. The highest BCUT2D eigenvalue weighted by molar-refractivity contribution is 6.05. The molecule has 1 aromatic carbocycles. The van der Waals surface area contributed by atoms with E-state index >= 15 is 0 Å². The van der Waals surface area contributed by atoms with Crippen LogP contribution < -0.4 is 17.3 Å². The number of halogens is 1. The topological polar surface area (TPSA) is 75.6 Å². The number of rotatable bonds is 3. The summed E-state index contributed by atoms with van der Waals surface area (Å²) in [6, 6.07) is 11.4. The van der Waals surface area contributed by atoms with E-state index in [1.807, 2.05) is 36.1 Å². The first-order valence-corrected chi connectivity index (χ1v) is 9.50. The minimum atomic E-state index is -0.0736. The van der Waals surface area contributed by atoms with E-state index in [2.05, 4.69) is 4.90 Å². The molecule has 4 aromatic rings. The van der Waals surface area contributed by atoms with Crippen molar-refractivity contribution in [1.82, 2.24) is 14.9 Å². The van der Waals surface area contributed by atoms with Crippen LogP contribution in [0.2, 0.25) is 0 Å². The van der Waals surface area contributed by atoms with Crippen LogP contribution in [0, 0.1) is 0 Å². The molecule has 29 heavy (non-hydrogen) atoms. The first-order valence-electron chi connectivity index (χ1n) is 9.50. The monoisotopic (exact) mass is 411 g/mol. The highest BCUT2D eigenvalue weighted by atomic mass is 35.5. The van der Waals surface area contributed by atoms with Crippen LogP contribution in [-0.2, 0) is 6.42 Å². The number of carbonyl (C=O) groups is 1. The lowest BCUT2D eigenvalue weighted by Gasteiger charge is -2.35. The molecule has 1 saturated heterocycles. The van der Waals surface area contributed by atoms with Crippen LogP contribution in [0.1, 0.15) is 23.3 Å². The van der Waals surface area contributed by atoms with Gasteiger partial charge < -0.3 is 31.0 Å². The lowest BCUT2D eigenvalue weighted by atomic mass is 10.2. The van der Waals surface area contributed by atoms with Crippen molar-refractivity contribution in [2.75, 3.05) is 31.1 Å². The molecular weight excluding hydrogens is 392 g/mol. The molecule has 8 heteroatoms. The number of benzene rings is 1. The number of para-hydroxylation sites is 1. The van der Waals surface area contributed by atoms with Gasteiger partial charge in [0.2, 0.25) is 0 Å². The zero-order chi connectivity index (χ0) is 19.1.